The fourth-order valence-electron chi connectivity index (χ4n) is 1.41. The summed E-state index contributed by atoms with van der Waals surface area (Å²) < 4.78 is 2.20. The highest BCUT2D eigenvalue weighted by atomic mass is 35.5. The Bertz CT molecular complexity index is 678. The van der Waals surface area contributed by atoms with Crippen molar-refractivity contribution in [2.75, 3.05) is 5.73 Å². The standard InChI is InChI=1S/C10H7ClN6S/c11-7-3-2-6(18-7)8-14-9(12)16-10(15-8)17-5-1-4-13-17/h1-5H,(H2,12,14,15,16). The first kappa shape index (κ1) is 11.1. The van der Waals surface area contributed by atoms with Gasteiger partial charge in [-0.05, 0) is 18.2 Å². The summed E-state index contributed by atoms with van der Waals surface area (Å²) in [5, 5.41) is 4.05. The van der Waals surface area contributed by atoms with Crippen molar-refractivity contribution >= 4 is 28.9 Å². The normalized spacial score (nSPS) is 10.7. The fraction of sp³-hybridized carbons (Fsp3) is 0. The Morgan fingerprint density at radius 1 is 1.22 bits per heavy atom. The molecule has 18 heavy (non-hydrogen) atoms. The average Bonchev–Trinajstić information content (AvgIpc) is 2.98. The molecule has 0 aliphatic carbocycles. The van der Waals surface area contributed by atoms with E-state index in [9.17, 15) is 0 Å². The molecule has 0 bridgehead atoms. The molecule has 6 nitrogen and oxygen atoms in total. The van der Waals surface area contributed by atoms with Crippen LogP contribution in [0.15, 0.2) is 30.6 Å². The lowest BCUT2D eigenvalue weighted by Crippen LogP contribution is -2.07. The molecule has 0 amide bonds. The van der Waals surface area contributed by atoms with Crippen molar-refractivity contribution in [3.63, 3.8) is 0 Å². The number of anilines is 1. The summed E-state index contributed by atoms with van der Waals surface area (Å²) in [4.78, 5) is 13.3. The molecule has 0 aliphatic heterocycles. The number of hydrogen-bond acceptors (Lipinski definition) is 6. The van der Waals surface area contributed by atoms with E-state index in [1.807, 2.05) is 6.07 Å². The van der Waals surface area contributed by atoms with Crippen LogP contribution in [0.3, 0.4) is 0 Å². The maximum Gasteiger partial charge on any atom is 0.255 e. The van der Waals surface area contributed by atoms with E-state index in [4.69, 9.17) is 17.3 Å². The van der Waals surface area contributed by atoms with Gasteiger partial charge in [-0.1, -0.05) is 11.6 Å². The van der Waals surface area contributed by atoms with Crippen LogP contribution in [0.2, 0.25) is 4.34 Å². The van der Waals surface area contributed by atoms with E-state index < -0.39 is 0 Å². The van der Waals surface area contributed by atoms with Gasteiger partial charge in [0.05, 0.1) is 9.21 Å². The smallest absolute Gasteiger partial charge is 0.255 e. The molecule has 0 aromatic carbocycles. The van der Waals surface area contributed by atoms with Gasteiger partial charge in [-0.15, -0.1) is 11.3 Å². The Balaban J connectivity index is 2.11. The average molecular weight is 279 g/mol. The minimum Gasteiger partial charge on any atom is -0.368 e. The molecule has 3 heterocycles. The van der Waals surface area contributed by atoms with Crippen LogP contribution in [0.4, 0.5) is 5.95 Å². The molecular formula is C10H7ClN6S. The number of halogens is 1. The van der Waals surface area contributed by atoms with Gasteiger partial charge in [-0.25, -0.2) is 4.68 Å². The fourth-order valence-corrected chi connectivity index (χ4v) is 2.39. The molecule has 0 unspecified atom stereocenters. The highest BCUT2D eigenvalue weighted by Gasteiger charge is 2.10. The predicted octanol–water partition coefficient (Wildman–Crippen LogP) is 2.02. The molecule has 0 saturated heterocycles. The van der Waals surface area contributed by atoms with Gasteiger partial charge in [-0.3, -0.25) is 0 Å². The number of nitrogens with two attached hydrogens (primary N) is 1. The van der Waals surface area contributed by atoms with Gasteiger partial charge in [0.1, 0.15) is 0 Å². The monoisotopic (exact) mass is 278 g/mol. The van der Waals surface area contributed by atoms with E-state index in [2.05, 4.69) is 20.1 Å². The SMILES string of the molecule is Nc1nc(-c2ccc(Cl)s2)nc(-n2cccn2)n1. The van der Waals surface area contributed by atoms with Gasteiger partial charge < -0.3 is 5.73 Å². The van der Waals surface area contributed by atoms with Gasteiger partial charge in [0.25, 0.3) is 5.95 Å². The Morgan fingerprint density at radius 3 is 2.78 bits per heavy atom. The second kappa shape index (κ2) is 4.35. The van der Waals surface area contributed by atoms with E-state index in [1.165, 1.54) is 16.0 Å². The third kappa shape index (κ3) is 2.05. The molecule has 90 valence electrons. The number of aromatic nitrogens is 5. The Morgan fingerprint density at radius 2 is 2.11 bits per heavy atom. The summed E-state index contributed by atoms with van der Waals surface area (Å²) in [6.07, 6.45) is 3.38. The van der Waals surface area contributed by atoms with Crippen LogP contribution in [-0.2, 0) is 0 Å². The summed E-state index contributed by atoms with van der Waals surface area (Å²) in [7, 11) is 0. The zero-order valence-electron chi connectivity index (χ0n) is 8.99. The van der Waals surface area contributed by atoms with E-state index in [-0.39, 0.29) is 5.95 Å². The molecule has 2 N–H and O–H groups in total. The zero-order chi connectivity index (χ0) is 12.5. The number of nitrogens with zero attached hydrogens (tertiary/aromatic N) is 5. The summed E-state index contributed by atoms with van der Waals surface area (Å²) in [5.41, 5.74) is 5.68. The Kier molecular flexibility index (Phi) is 2.69. The van der Waals surface area contributed by atoms with E-state index >= 15 is 0 Å². The van der Waals surface area contributed by atoms with Gasteiger partial charge in [0.15, 0.2) is 5.82 Å². The molecule has 8 heteroatoms. The van der Waals surface area contributed by atoms with Crippen LogP contribution in [-0.4, -0.2) is 24.7 Å². The molecule has 0 radical (unpaired) electrons. The minimum atomic E-state index is 0.148. The van der Waals surface area contributed by atoms with Crippen LogP contribution >= 0.6 is 22.9 Å². The predicted molar refractivity (Wildman–Crippen MR) is 69.7 cm³/mol. The summed E-state index contributed by atoms with van der Waals surface area (Å²) in [6, 6.07) is 5.41. The van der Waals surface area contributed by atoms with Crippen LogP contribution in [0.1, 0.15) is 0 Å². The van der Waals surface area contributed by atoms with Crippen LogP contribution in [0.5, 0.6) is 0 Å². The van der Waals surface area contributed by atoms with Gasteiger partial charge in [0, 0.05) is 12.4 Å². The van der Waals surface area contributed by atoms with Crippen molar-refractivity contribution in [2.45, 2.75) is 0 Å². The minimum absolute atomic E-state index is 0.148. The molecule has 0 aliphatic rings. The third-order valence-corrected chi connectivity index (χ3v) is 3.37. The topological polar surface area (TPSA) is 82.5 Å². The van der Waals surface area contributed by atoms with Crippen molar-refractivity contribution in [1.82, 2.24) is 24.7 Å². The second-order valence-electron chi connectivity index (χ2n) is 3.37. The molecular weight excluding hydrogens is 272 g/mol. The molecule has 3 rings (SSSR count). The van der Waals surface area contributed by atoms with Crippen LogP contribution < -0.4 is 5.73 Å². The number of rotatable bonds is 2. The lowest BCUT2D eigenvalue weighted by Gasteiger charge is -2.02. The second-order valence-corrected chi connectivity index (χ2v) is 5.09. The molecule has 0 fully saturated rings. The number of thiophene rings is 1. The van der Waals surface area contributed by atoms with Crippen LogP contribution in [0, 0.1) is 0 Å². The van der Waals surface area contributed by atoms with Crippen LogP contribution in [0.25, 0.3) is 16.6 Å². The quantitative estimate of drug-likeness (QED) is 0.775. The lowest BCUT2D eigenvalue weighted by atomic mass is 10.4. The first-order valence-corrected chi connectivity index (χ1v) is 6.19. The molecule has 0 spiro atoms. The highest BCUT2D eigenvalue weighted by molar-refractivity contribution is 7.19. The van der Waals surface area contributed by atoms with Crippen molar-refractivity contribution in [1.29, 1.82) is 0 Å². The largest absolute Gasteiger partial charge is 0.368 e. The van der Waals surface area contributed by atoms with Crippen molar-refractivity contribution in [3.8, 4) is 16.6 Å². The molecule has 3 aromatic heterocycles. The summed E-state index contributed by atoms with van der Waals surface area (Å²) >= 11 is 7.27. The first-order chi connectivity index (χ1) is 8.72. The summed E-state index contributed by atoms with van der Waals surface area (Å²) in [5.74, 6) is 1.02. The molecule has 3 aromatic rings. The number of hydrogen-bond donors (Lipinski definition) is 1. The highest BCUT2D eigenvalue weighted by Crippen LogP contribution is 2.29. The zero-order valence-corrected chi connectivity index (χ0v) is 10.6. The molecule has 0 atom stereocenters. The van der Waals surface area contributed by atoms with Crippen molar-refractivity contribution in [2.24, 2.45) is 0 Å². The maximum atomic E-state index is 5.89. The molecule has 0 saturated carbocycles. The van der Waals surface area contributed by atoms with Crippen molar-refractivity contribution in [3.05, 3.63) is 34.9 Å². The van der Waals surface area contributed by atoms with E-state index in [0.717, 1.165) is 4.88 Å². The Hall–Kier alpha value is -1.99. The van der Waals surface area contributed by atoms with Crippen molar-refractivity contribution < 1.29 is 0 Å². The van der Waals surface area contributed by atoms with Gasteiger partial charge >= 0.3 is 0 Å². The lowest BCUT2D eigenvalue weighted by molar-refractivity contribution is 0.802. The first-order valence-electron chi connectivity index (χ1n) is 4.99. The van der Waals surface area contributed by atoms with Gasteiger partial charge in [0.2, 0.25) is 5.95 Å². The van der Waals surface area contributed by atoms with E-state index in [1.54, 1.807) is 24.5 Å². The number of nitrogen functional groups attached to an aromatic ring is 1. The van der Waals surface area contributed by atoms with Gasteiger partial charge in [-0.2, -0.15) is 20.1 Å². The summed E-state index contributed by atoms with van der Waals surface area (Å²) in [6.45, 7) is 0. The Labute approximate surface area is 111 Å². The third-order valence-electron chi connectivity index (χ3n) is 2.14. The maximum absolute atomic E-state index is 5.89. The van der Waals surface area contributed by atoms with E-state index in [0.29, 0.717) is 16.1 Å².